The van der Waals surface area contributed by atoms with E-state index < -0.39 is 17.6 Å². The summed E-state index contributed by atoms with van der Waals surface area (Å²) >= 11 is 6.12. The molecule has 2 N–H and O–H groups in total. The third kappa shape index (κ3) is 4.86. The van der Waals surface area contributed by atoms with Gasteiger partial charge in [-0.15, -0.1) is 6.42 Å². The van der Waals surface area contributed by atoms with Crippen molar-refractivity contribution in [2.24, 2.45) is 0 Å². The molecule has 0 atom stereocenters. The molecule has 32 heavy (non-hydrogen) atoms. The molecule has 0 bridgehead atoms. The Hall–Kier alpha value is -4.33. The number of terminal acetylenes is 1. The second-order valence-electron chi connectivity index (χ2n) is 6.44. The summed E-state index contributed by atoms with van der Waals surface area (Å²) in [7, 11) is 1.34. The number of halogens is 2. The first kappa shape index (κ1) is 22.4. The Labute approximate surface area is 188 Å². The Morgan fingerprint density at radius 2 is 1.75 bits per heavy atom. The molecule has 3 aromatic carbocycles. The summed E-state index contributed by atoms with van der Waals surface area (Å²) in [5.41, 5.74) is 0.873. The van der Waals surface area contributed by atoms with Crippen LogP contribution >= 0.6 is 11.6 Å². The number of carbonyl (C=O) groups excluding carboxylic acids is 2. The van der Waals surface area contributed by atoms with Gasteiger partial charge in [-0.05, 0) is 36.4 Å². The first-order chi connectivity index (χ1) is 15.4. The second kappa shape index (κ2) is 9.65. The Morgan fingerprint density at radius 3 is 2.34 bits per heavy atom. The fraction of sp³-hybridized carbons (Fsp3) is 0.0417. The molecule has 0 saturated heterocycles. The first-order valence-corrected chi connectivity index (χ1v) is 9.48. The van der Waals surface area contributed by atoms with Gasteiger partial charge >= 0.3 is 0 Å². The van der Waals surface area contributed by atoms with Crippen LogP contribution in [0.4, 0.5) is 21.5 Å². The lowest BCUT2D eigenvalue weighted by molar-refractivity contribution is 0.102. The van der Waals surface area contributed by atoms with Crippen molar-refractivity contribution in [2.75, 3.05) is 17.7 Å². The summed E-state index contributed by atoms with van der Waals surface area (Å²) in [5.74, 6) is 0.303. The topological polar surface area (TPSA) is 71.8 Å². The highest BCUT2D eigenvalue weighted by Gasteiger charge is 2.22. The van der Waals surface area contributed by atoms with E-state index in [0.717, 1.165) is 6.07 Å². The van der Waals surface area contributed by atoms with Crippen LogP contribution in [0, 0.1) is 24.7 Å². The number of ether oxygens (including phenoxy) is 1. The zero-order chi connectivity index (χ0) is 23.3. The number of methoxy groups -OCH3 is 1. The van der Waals surface area contributed by atoms with Crippen molar-refractivity contribution in [3.63, 3.8) is 0 Å². The Bertz CT molecular complexity index is 1290. The Morgan fingerprint density at radius 1 is 1.06 bits per heavy atom. The minimum Gasteiger partial charge on any atom is -0.494 e. The second-order valence-corrected chi connectivity index (χ2v) is 6.87. The zero-order valence-corrected chi connectivity index (χ0v) is 17.5. The molecule has 0 spiro atoms. The number of carbonyl (C=O) groups is 2. The van der Waals surface area contributed by atoms with Crippen LogP contribution in [-0.2, 0) is 0 Å². The molecule has 158 valence electrons. The molecule has 0 radical (unpaired) electrons. The number of hydrogen-bond acceptors (Lipinski definition) is 3. The molecule has 3 aromatic rings. The predicted molar refractivity (Wildman–Crippen MR) is 121 cm³/mol. The van der Waals surface area contributed by atoms with E-state index in [0.29, 0.717) is 11.3 Å². The smallest absolute Gasteiger partial charge is 0.258 e. The number of hydrogen-bond donors (Lipinski definition) is 2. The van der Waals surface area contributed by atoms with Gasteiger partial charge in [0.15, 0.2) is 5.69 Å². The molecule has 0 fully saturated rings. The molecule has 2 amide bonds. The fourth-order valence-electron chi connectivity index (χ4n) is 2.84. The van der Waals surface area contributed by atoms with Crippen molar-refractivity contribution in [1.29, 1.82) is 0 Å². The maximum absolute atomic E-state index is 14.3. The highest BCUT2D eigenvalue weighted by Crippen LogP contribution is 2.34. The SMILES string of the molecule is [C-]#[N+]c1ccc(C(=O)Nc2c(OC)cc(Cl)cc2C(=O)Nc2ccc(C#C)cc2)c(F)c1. The van der Waals surface area contributed by atoms with E-state index in [4.69, 9.17) is 29.3 Å². The van der Waals surface area contributed by atoms with Crippen LogP contribution in [0.15, 0.2) is 54.6 Å². The summed E-state index contributed by atoms with van der Waals surface area (Å²) < 4.78 is 19.6. The molecule has 0 aliphatic rings. The number of anilines is 2. The lowest BCUT2D eigenvalue weighted by Gasteiger charge is -2.16. The van der Waals surface area contributed by atoms with Crippen molar-refractivity contribution in [3.8, 4) is 18.1 Å². The quantitative estimate of drug-likeness (QED) is 0.399. The molecule has 0 aliphatic carbocycles. The van der Waals surface area contributed by atoms with Gasteiger partial charge in [-0.25, -0.2) is 9.24 Å². The molecular formula is C24H15ClFN3O3. The largest absolute Gasteiger partial charge is 0.494 e. The normalized spacial score (nSPS) is 9.91. The van der Waals surface area contributed by atoms with Gasteiger partial charge in [0.25, 0.3) is 11.8 Å². The fourth-order valence-corrected chi connectivity index (χ4v) is 3.05. The molecule has 6 nitrogen and oxygen atoms in total. The summed E-state index contributed by atoms with van der Waals surface area (Å²) in [5, 5.41) is 5.39. The Kier molecular flexibility index (Phi) is 6.74. The van der Waals surface area contributed by atoms with Crippen molar-refractivity contribution in [3.05, 3.63) is 93.5 Å². The summed E-state index contributed by atoms with van der Waals surface area (Å²) in [6.45, 7) is 6.94. The van der Waals surface area contributed by atoms with Crippen molar-refractivity contribution >= 4 is 40.5 Å². The minimum absolute atomic E-state index is 0.00177. The van der Waals surface area contributed by atoms with Crippen LogP contribution in [0.5, 0.6) is 5.75 Å². The van der Waals surface area contributed by atoms with Crippen LogP contribution in [0.3, 0.4) is 0 Å². The van der Waals surface area contributed by atoms with E-state index in [1.54, 1.807) is 24.3 Å². The van der Waals surface area contributed by atoms with Gasteiger partial charge in [-0.1, -0.05) is 29.7 Å². The third-order valence-corrected chi connectivity index (χ3v) is 4.62. The monoisotopic (exact) mass is 447 g/mol. The number of benzene rings is 3. The standard InChI is InChI=1S/C24H15ClFN3O3/c1-4-14-5-7-16(8-6-14)28-24(31)19-11-15(25)12-21(32-3)22(19)29-23(30)18-10-9-17(27-2)13-20(18)26/h1,5-13H,3H3,(H,28,31)(H,29,30). The maximum Gasteiger partial charge on any atom is 0.258 e. The molecule has 0 aromatic heterocycles. The lowest BCUT2D eigenvalue weighted by Crippen LogP contribution is -2.20. The molecular weight excluding hydrogens is 433 g/mol. The van der Waals surface area contributed by atoms with Gasteiger partial charge in [0, 0.05) is 22.3 Å². The van der Waals surface area contributed by atoms with Crippen LogP contribution in [-0.4, -0.2) is 18.9 Å². The van der Waals surface area contributed by atoms with Crippen molar-refractivity contribution in [2.45, 2.75) is 0 Å². The summed E-state index contributed by atoms with van der Waals surface area (Å²) in [6, 6.07) is 12.8. The zero-order valence-electron chi connectivity index (χ0n) is 16.7. The van der Waals surface area contributed by atoms with Crippen molar-refractivity contribution < 1.29 is 18.7 Å². The first-order valence-electron chi connectivity index (χ1n) is 9.10. The van der Waals surface area contributed by atoms with Gasteiger partial charge in [0.05, 0.1) is 30.5 Å². The van der Waals surface area contributed by atoms with E-state index in [1.807, 2.05) is 0 Å². The van der Waals surface area contributed by atoms with Crippen LogP contribution in [0.25, 0.3) is 4.85 Å². The summed E-state index contributed by atoms with van der Waals surface area (Å²) in [4.78, 5) is 28.8. The van der Waals surface area contributed by atoms with Gasteiger partial charge in [-0.3, -0.25) is 9.59 Å². The van der Waals surface area contributed by atoms with E-state index in [9.17, 15) is 14.0 Å². The summed E-state index contributed by atoms with van der Waals surface area (Å²) in [6.07, 6.45) is 5.33. The molecule has 0 aliphatic heterocycles. The lowest BCUT2D eigenvalue weighted by atomic mass is 10.1. The highest BCUT2D eigenvalue weighted by molar-refractivity contribution is 6.31. The van der Waals surface area contributed by atoms with Gasteiger partial charge in [-0.2, -0.15) is 0 Å². The minimum atomic E-state index is -0.872. The average molecular weight is 448 g/mol. The molecule has 8 heteroatoms. The maximum atomic E-state index is 14.3. The molecule has 0 unspecified atom stereocenters. The number of nitrogens with one attached hydrogen (secondary N) is 2. The van der Waals surface area contributed by atoms with Crippen molar-refractivity contribution in [1.82, 2.24) is 0 Å². The van der Waals surface area contributed by atoms with E-state index in [2.05, 4.69) is 21.4 Å². The molecule has 0 heterocycles. The average Bonchev–Trinajstić information content (AvgIpc) is 2.79. The van der Waals surface area contributed by atoms with E-state index in [-0.39, 0.29) is 33.3 Å². The van der Waals surface area contributed by atoms with E-state index in [1.165, 1.54) is 31.4 Å². The van der Waals surface area contributed by atoms with Gasteiger partial charge in [0.1, 0.15) is 11.6 Å². The molecule has 0 saturated carbocycles. The highest BCUT2D eigenvalue weighted by atomic mass is 35.5. The van der Waals surface area contributed by atoms with Gasteiger partial charge in [0.2, 0.25) is 0 Å². The Balaban J connectivity index is 1.96. The number of nitrogens with zero attached hydrogens (tertiary/aromatic N) is 1. The van der Waals surface area contributed by atoms with Crippen LogP contribution in [0.2, 0.25) is 5.02 Å². The van der Waals surface area contributed by atoms with Crippen LogP contribution in [0.1, 0.15) is 26.3 Å². The number of rotatable bonds is 5. The van der Waals surface area contributed by atoms with Crippen LogP contribution < -0.4 is 15.4 Å². The van der Waals surface area contributed by atoms with Gasteiger partial charge < -0.3 is 15.4 Å². The molecule has 3 rings (SSSR count). The number of amides is 2. The van der Waals surface area contributed by atoms with E-state index >= 15 is 0 Å². The predicted octanol–water partition coefficient (Wildman–Crippen LogP) is 5.52. The third-order valence-electron chi connectivity index (χ3n) is 4.41.